The van der Waals surface area contributed by atoms with Crippen LogP contribution in [0.4, 0.5) is 0 Å². The summed E-state index contributed by atoms with van der Waals surface area (Å²) < 4.78 is 0. The number of rotatable bonds is 1. The highest BCUT2D eigenvalue weighted by Crippen LogP contribution is 2.53. The molecule has 0 unspecified atom stereocenters. The number of amides is 1. The Morgan fingerprint density at radius 2 is 2.14 bits per heavy atom. The zero-order chi connectivity index (χ0) is 14.6. The predicted octanol–water partition coefficient (Wildman–Crippen LogP) is 1.37. The smallest absolute Gasteiger partial charge is 0.209 e. The van der Waals surface area contributed by atoms with Crippen LogP contribution in [0.2, 0.25) is 0 Å². The van der Waals surface area contributed by atoms with Gasteiger partial charge in [0.05, 0.1) is 0 Å². The summed E-state index contributed by atoms with van der Waals surface area (Å²) in [5.41, 5.74) is 2.89. The summed E-state index contributed by atoms with van der Waals surface area (Å²) in [6, 6.07) is 6.41. The molecule has 112 valence electrons. The van der Waals surface area contributed by atoms with Gasteiger partial charge in [0.2, 0.25) is 6.41 Å². The lowest BCUT2D eigenvalue weighted by atomic mass is 9.54. The topological polar surface area (TPSA) is 43.8 Å². The number of nitrogens with zero attached hydrogens (tertiary/aromatic N) is 2. The largest absolute Gasteiger partial charge is 0.508 e. The number of phenols is 1. The molecule has 1 aromatic rings. The third-order valence-corrected chi connectivity index (χ3v) is 6.14. The van der Waals surface area contributed by atoms with Crippen LogP contribution in [0.15, 0.2) is 18.2 Å². The average Bonchev–Trinajstić information content (AvgIpc) is 2.51. The van der Waals surface area contributed by atoms with Crippen LogP contribution in [0.25, 0.3) is 0 Å². The monoisotopic (exact) mass is 286 g/mol. The van der Waals surface area contributed by atoms with Gasteiger partial charge in [0.1, 0.15) is 5.75 Å². The number of phenolic OH excluding ortho intramolecular Hbond substituents is 1. The Morgan fingerprint density at radius 3 is 2.95 bits per heavy atom. The Balaban J connectivity index is 1.85. The predicted molar refractivity (Wildman–Crippen MR) is 80.3 cm³/mol. The van der Waals surface area contributed by atoms with Crippen molar-refractivity contribution in [3.05, 3.63) is 29.3 Å². The van der Waals surface area contributed by atoms with E-state index in [-0.39, 0.29) is 5.41 Å². The Bertz CT molecular complexity index is 588. The second-order valence-corrected chi connectivity index (χ2v) is 6.96. The van der Waals surface area contributed by atoms with Gasteiger partial charge in [-0.2, -0.15) is 0 Å². The van der Waals surface area contributed by atoms with E-state index in [2.05, 4.69) is 18.0 Å². The molecular weight excluding hydrogens is 264 g/mol. The van der Waals surface area contributed by atoms with Crippen LogP contribution in [-0.2, 0) is 16.6 Å². The Hall–Kier alpha value is -1.55. The molecule has 3 aliphatic rings. The van der Waals surface area contributed by atoms with Gasteiger partial charge in [-0.15, -0.1) is 0 Å². The maximum absolute atomic E-state index is 11.2. The minimum Gasteiger partial charge on any atom is -0.508 e. The summed E-state index contributed by atoms with van der Waals surface area (Å²) in [6.45, 7) is 2.80. The first-order chi connectivity index (χ1) is 10.1. The van der Waals surface area contributed by atoms with Crippen molar-refractivity contribution in [2.75, 3.05) is 26.7 Å². The van der Waals surface area contributed by atoms with E-state index in [4.69, 9.17) is 0 Å². The van der Waals surface area contributed by atoms with Crippen LogP contribution < -0.4 is 0 Å². The molecule has 2 aliphatic heterocycles. The molecule has 4 nitrogen and oxygen atoms in total. The number of likely N-dealkylation sites (tertiary alicyclic amines) is 2. The third kappa shape index (κ3) is 1.75. The summed E-state index contributed by atoms with van der Waals surface area (Å²) in [4.78, 5) is 15.6. The summed E-state index contributed by atoms with van der Waals surface area (Å²) >= 11 is 0. The standard InChI is InChI=1S/C17H22N2O2/c1-18-6-4-17-5-7-19(11-20)10-15(17)16(18)8-12-2-3-13(21)9-14(12)17/h2-3,9,11,15-16,21H,4-8,10H2,1H3/t15-,16+,17-/m0/s1. The SMILES string of the molecule is CN1CC[C@@]23CCN(C=O)C[C@H]2[C@H]1Cc1ccc(O)cc13. The number of likely N-dealkylation sites (N-methyl/N-ethyl adjacent to an activating group) is 1. The molecule has 1 N–H and O–H groups in total. The van der Waals surface area contributed by atoms with E-state index in [1.54, 1.807) is 0 Å². The molecule has 1 aromatic carbocycles. The quantitative estimate of drug-likeness (QED) is 0.793. The highest BCUT2D eigenvalue weighted by atomic mass is 16.3. The molecule has 0 saturated carbocycles. The molecule has 2 saturated heterocycles. The number of fused-ring (bicyclic) bond motifs is 1. The van der Waals surface area contributed by atoms with E-state index in [0.717, 1.165) is 45.3 Å². The van der Waals surface area contributed by atoms with E-state index in [1.807, 2.05) is 17.0 Å². The van der Waals surface area contributed by atoms with E-state index < -0.39 is 0 Å². The lowest BCUT2D eigenvalue weighted by Gasteiger charge is -2.59. The molecule has 21 heavy (non-hydrogen) atoms. The van der Waals surface area contributed by atoms with Crippen molar-refractivity contribution >= 4 is 6.41 Å². The first-order valence-corrected chi connectivity index (χ1v) is 7.86. The number of benzene rings is 1. The van der Waals surface area contributed by atoms with Gasteiger partial charge in [0.15, 0.2) is 0 Å². The van der Waals surface area contributed by atoms with Gasteiger partial charge >= 0.3 is 0 Å². The lowest BCUT2D eigenvalue weighted by Crippen LogP contribution is -2.64. The van der Waals surface area contributed by atoms with Crippen molar-refractivity contribution < 1.29 is 9.90 Å². The molecule has 3 atom stereocenters. The number of carbonyl (C=O) groups excluding carboxylic acids is 1. The molecule has 4 rings (SSSR count). The van der Waals surface area contributed by atoms with Crippen LogP contribution in [0.3, 0.4) is 0 Å². The van der Waals surface area contributed by atoms with E-state index >= 15 is 0 Å². The Morgan fingerprint density at radius 1 is 1.33 bits per heavy atom. The van der Waals surface area contributed by atoms with Gasteiger partial charge in [-0.1, -0.05) is 6.07 Å². The van der Waals surface area contributed by atoms with Crippen LogP contribution in [0.5, 0.6) is 5.75 Å². The molecular formula is C17H22N2O2. The highest BCUT2D eigenvalue weighted by Gasteiger charge is 2.54. The van der Waals surface area contributed by atoms with Crippen LogP contribution in [0, 0.1) is 5.92 Å². The zero-order valence-electron chi connectivity index (χ0n) is 12.5. The molecule has 4 heteroatoms. The molecule has 1 amide bonds. The molecule has 0 radical (unpaired) electrons. The minimum atomic E-state index is 0.156. The van der Waals surface area contributed by atoms with Gasteiger partial charge in [0.25, 0.3) is 0 Å². The molecule has 1 aliphatic carbocycles. The number of hydrogen-bond donors (Lipinski definition) is 1. The van der Waals surface area contributed by atoms with Crippen molar-refractivity contribution in [3.8, 4) is 5.75 Å². The highest BCUT2D eigenvalue weighted by molar-refractivity contribution is 5.50. The van der Waals surface area contributed by atoms with Crippen LogP contribution in [0.1, 0.15) is 24.0 Å². The summed E-state index contributed by atoms with van der Waals surface area (Å²) in [5, 5.41) is 9.95. The second kappa shape index (κ2) is 4.47. The normalized spacial score (nSPS) is 35.0. The van der Waals surface area contributed by atoms with Gasteiger partial charge in [-0.3, -0.25) is 4.79 Å². The van der Waals surface area contributed by atoms with Crippen LogP contribution >= 0.6 is 0 Å². The molecule has 2 bridgehead atoms. The van der Waals surface area contributed by atoms with Gasteiger partial charge in [0, 0.05) is 30.5 Å². The lowest BCUT2D eigenvalue weighted by molar-refractivity contribution is -0.123. The maximum Gasteiger partial charge on any atom is 0.209 e. The fourth-order valence-electron chi connectivity index (χ4n) is 4.99. The van der Waals surface area contributed by atoms with Crippen molar-refractivity contribution in [2.45, 2.75) is 30.7 Å². The Labute approximate surface area is 125 Å². The van der Waals surface area contributed by atoms with E-state index in [0.29, 0.717) is 17.7 Å². The first kappa shape index (κ1) is 13.1. The molecule has 0 spiro atoms. The summed E-state index contributed by atoms with van der Waals surface area (Å²) in [5.74, 6) is 0.863. The fourth-order valence-corrected chi connectivity index (χ4v) is 4.99. The summed E-state index contributed by atoms with van der Waals surface area (Å²) in [6.07, 6.45) is 4.19. The van der Waals surface area contributed by atoms with Crippen molar-refractivity contribution in [1.82, 2.24) is 9.80 Å². The summed E-state index contributed by atoms with van der Waals surface area (Å²) in [7, 11) is 2.21. The maximum atomic E-state index is 11.2. The zero-order valence-corrected chi connectivity index (χ0v) is 12.5. The molecule has 2 heterocycles. The fraction of sp³-hybridized carbons (Fsp3) is 0.588. The minimum absolute atomic E-state index is 0.156. The molecule has 0 aromatic heterocycles. The number of aromatic hydroxyl groups is 1. The van der Waals surface area contributed by atoms with E-state index in [1.165, 1.54) is 11.1 Å². The average molecular weight is 286 g/mol. The van der Waals surface area contributed by atoms with E-state index in [9.17, 15) is 9.90 Å². The Kier molecular flexibility index (Phi) is 2.80. The second-order valence-electron chi connectivity index (χ2n) is 6.96. The van der Waals surface area contributed by atoms with Gasteiger partial charge < -0.3 is 14.9 Å². The van der Waals surface area contributed by atoms with Gasteiger partial charge in [-0.25, -0.2) is 0 Å². The number of hydrogen-bond acceptors (Lipinski definition) is 3. The van der Waals surface area contributed by atoms with Crippen molar-refractivity contribution in [2.24, 2.45) is 5.92 Å². The van der Waals surface area contributed by atoms with Crippen molar-refractivity contribution in [1.29, 1.82) is 0 Å². The first-order valence-electron chi connectivity index (χ1n) is 7.86. The third-order valence-electron chi connectivity index (χ3n) is 6.14. The van der Waals surface area contributed by atoms with Crippen molar-refractivity contribution in [3.63, 3.8) is 0 Å². The van der Waals surface area contributed by atoms with Gasteiger partial charge in [-0.05, 0) is 56.1 Å². The number of piperidine rings is 2. The number of carbonyl (C=O) groups is 1. The molecule has 2 fully saturated rings. The van der Waals surface area contributed by atoms with Crippen LogP contribution in [-0.4, -0.2) is 54.0 Å².